The van der Waals surface area contributed by atoms with Gasteiger partial charge in [0, 0.05) is 24.8 Å². The van der Waals surface area contributed by atoms with Gasteiger partial charge in [-0.1, -0.05) is 75.4 Å². The molecule has 3 rings (SSSR count). The summed E-state index contributed by atoms with van der Waals surface area (Å²) >= 11 is 0. The zero-order valence-electron chi connectivity index (χ0n) is 20.8. The number of carbonyl (C=O) groups is 1. The molecule has 3 unspecified atom stereocenters. The molecule has 1 N–H and O–H groups in total. The van der Waals surface area contributed by atoms with Gasteiger partial charge in [0.1, 0.15) is 0 Å². The zero-order valence-corrected chi connectivity index (χ0v) is 20.8. The van der Waals surface area contributed by atoms with E-state index in [0.29, 0.717) is 13.0 Å². The van der Waals surface area contributed by atoms with E-state index < -0.39 is 5.79 Å². The molecule has 1 amide bonds. The van der Waals surface area contributed by atoms with Gasteiger partial charge in [0.15, 0.2) is 5.79 Å². The lowest BCUT2D eigenvalue weighted by Crippen LogP contribution is -2.45. The summed E-state index contributed by atoms with van der Waals surface area (Å²) < 4.78 is 13.3. The zero-order chi connectivity index (χ0) is 23.4. The summed E-state index contributed by atoms with van der Waals surface area (Å²) in [7, 11) is 0. The molecule has 184 valence electrons. The molecule has 33 heavy (non-hydrogen) atoms. The minimum atomic E-state index is -0.440. The average molecular weight is 456 g/mol. The average Bonchev–Trinajstić information content (AvgIpc) is 3.32. The highest BCUT2D eigenvalue weighted by Gasteiger charge is 2.60. The van der Waals surface area contributed by atoms with E-state index in [1.54, 1.807) is 0 Å². The number of allylic oxidation sites excluding steroid dienone is 1. The number of unbranched alkanes of at least 4 members (excludes halogenated alkanes) is 4. The molecule has 2 fully saturated rings. The maximum absolute atomic E-state index is 12.4. The predicted octanol–water partition coefficient (Wildman–Crippen LogP) is 7.08. The number of benzene rings is 1. The molecular weight excluding hydrogens is 410 g/mol. The Morgan fingerprint density at radius 1 is 1.12 bits per heavy atom. The smallest absolute Gasteiger partial charge is 0.220 e. The van der Waals surface area contributed by atoms with Gasteiger partial charge < -0.3 is 14.8 Å². The molecule has 1 aromatic carbocycles. The van der Waals surface area contributed by atoms with E-state index >= 15 is 0 Å². The number of hydrogen-bond donors (Lipinski definition) is 1. The number of hydrogen-bond acceptors (Lipinski definition) is 3. The van der Waals surface area contributed by atoms with Crippen molar-refractivity contribution in [2.24, 2.45) is 5.41 Å². The molecule has 3 atom stereocenters. The highest BCUT2D eigenvalue weighted by molar-refractivity contribution is 5.75. The third-order valence-electron chi connectivity index (χ3n) is 7.67. The second-order valence-electron chi connectivity index (χ2n) is 10.1. The second kappa shape index (κ2) is 13.3. The van der Waals surface area contributed by atoms with Crippen molar-refractivity contribution >= 4 is 5.91 Å². The van der Waals surface area contributed by atoms with Crippen molar-refractivity contribution in [1.82, 2.24) is 5.32 Å². The molecule has 0 spiro atoms. The first-order valence-electron chi connectivity index (χ1n) is 13.4. The number of nitrogens with one attached hydrogen (secondary N) is 1. The van der Waals surface area contributed by atoms with E-state index in [1.165, 1.54) is 44.9 Å². The van der Waals surface area contributed by atoms with Gasteiger partial charge in [-0.15, -0.1) is 6.58 Å². The van der Waals surface area contributed by atoms with Gasteiger partial charge in [0.25, 0.3) is 0 Å². The van der Waals surface area contributed by atoms with Crippen LogP contribution in [-0.2, 0) is 20.8 Å². The van der Waals surface area contributed by atoms with Crippen molar-refractivity contribution in [1.29, 1.82) is 0 Å². The second-order valence-corrected chi connectivity index (χ2v) is 10.1. The van der Waals surface area contributed by atoms with Crippen molar-refractivity contribution in [3.8, 4) is 0 Å². The van der Waals surface area contributed by atoms with Gasteiger partial charge >= 0.3 is 0 Å². The molecule has 1 aromatic rings. The maximum Gasteiger partial charge on any atom is 0.220 e. The third kappa shape index (κ3) is 7.16. The van der Waals surface area contributed by atoms with Gasteiger partial charge in [0.2, 0.25) is 5.91 Å². The Morgan fingerprint density at radius 2 is 1.91 bits per heavy atom. The molecule has 1 saturated carbocycles. The van der Waals surface area contributed by atoms with Crippen LogP contribution in [0.5, 0.6) is 0 Å². The van der Waals surface area contributed by atoms with E-state index in [1.807, 2.05) is 30.3 Å². The van der Waals surface area contributed by atoms with Gasteiger partial charge in [-0.2, -0.15) is 0 Å². The fraction of sp³-hybridized carbons (Fsp3) is 0.690. The largest absolute Gasteiger partial charge is 0.352 e. The SMILES string of the molecule is C=CCC12CCCC1(OC(CCCCCCC)CCCC(=O)NCc1ccccc1)OCC2. The topological polar surface area (TPSA) is 47.6 Å². The minimum Gasteiger partial charge on any atom is -0.352 e. The van der Waals surface area contributed by atoms with Gasteiger partial charge in [-0.3, -0.25) is 4.79 Å². The Balaban J connectivity index is 1.51. The molecular formula is C29H45NO3. The molecule has 4 nitrogen and oxygen atoms in total. The van der Waals surface area contributed by atoms with Crippen molar-refractivity contribution in [3.05, 3.63) is 48.6 Å². The van der Waals surface area contributed by atoms with Crippen LogP contribution >= 0.6 is 0 Å². The van der Waals surface area contributed by atoms with Crippen LogP contribution in [0, 0.1) is 5.41 Å². The normalized spacial score (nSPS) is 25.0. The molecule has 2 aliphatic rings. The maximum atomic E-state index is 12.4. The van der Waals surface area contributed by atoms with Crippen LogP contribution in [-0.4, -0.2) is 24.4 Å². The van der Waals surface area contributed by atoms with Crippen LogP contribution in [0.15, 0.2) is 43.0 Å². The monoisotopic (exact) mass is 455 g/mol. The van der Waals surface area contributed by atoms with E-state index in [2.05, 4.69) is 24.9 Å². The number of rotatable bonds is 16. The molecule has 4 heteroatoms. The van der Waals surface area contributed by atoms with Crippen LogP contribution in [0.1, 0.15) is 102 Å². The van der Waals surface area contributed by atoms with Gasteiger partial charge in [-0.05, 0) is 50.5 Å². The Hall–Kier alpha value is -1.65. The summed E-state index contributed by atoms with van der Waals surface area (Å²) in [5, 5.41) is 3.06. The van der Waals surface area contributed by atoms with Gasteiger partial charge in [0.05, 0.1) is 12.7 Å². The summed E-state index contributed by atoms with van der Waals surface area (Å²) in [4.78, 5) is 12.4. The summed E-state index contributed by atoms with van der Waals surface area (Å²) in [5.41, 5.74) is 1.24. The first kappa shape index (κ1) is 26.0. The van der Waals surface area contributed by atoms with E-state index in [9.17, 15) is 4.79 Å². The predicted molar refractivity (Wildman–Crippen MR) is 135 cm³/mol. The van der Waals surface area contributed by atoms with E-state index in [0.717, 1.165) is 50.7 Å². The lowest BCUT2D eigenvalue weighted by Gasteiger charge is -2.41. The van der Waals surface area contributed by atoms with Crippen molar-refractivity contribution < 1.29 is 14.3 Å². The van der Waals surface area contributed by atoms with Crippen LogP contribution in [0.4, 0.5) is 0 Å². The first-order chi connectivity index (χ1) is 16.1. The van der Waals surface area contributed by atoms with Crippen LogP contribution in [0.25, 0.3) is 0 Å². The summed E-state index contributed by atoms with van der Waals surface area (Å²) in [6, 6.07) is 10.1. The lowest BCUT2D eigenvalue weighted by atomic mass is 9.77. The molecule has 1 saturated heterocycles. The minimum absolute atomic E-state index is 0.0995. The Kier molecular flexibility index (Phi) is 10.5. The van der Waals surface area contributed by atoms with Crippen molar-refractivity contribution in [2.75, 3.05) is 6.61 Å². The summed E-state index contributed by atoms with van der Waals surface area (Å²) in [5.74, 6) is -0.317. The molecule has 1 aliphatic heterocycles. The summed E-state index contributed by atoms with van der Waals surface area (Å²) in [6.45, 7) is 7.66. The Morgan fingerprint density at radius 3 is 2.70 bits per heavy atom. The Bertz CT molecular complexity index is 707. The molecule has 1 aliphatic carbocycles. The Labute approximate surface area is 201 Å². The number of carbonyl (C=O) groups excluding carboxylic acids is 1. The quantitative estimate of drug-likeness (QED) is 0.214. The van der Waals surface area contributed by atoms with Crippen LogP contribution in [0.3, 0.4) is 0 Å². The van der Waals surface area contributed by atoms with E-state index in [-0.39, 0.29) is 17.4 Å². The fourth-order valence-electron chi connectivity index (χ4n) is 5.80. The summed E-state index contributed by atoms with van der Waals surface area (Å²) in [6.07, 6.45) is 17.3. The third-order valence-corrected chi connectivity index (χ3v) is 7.67. The molecule has 0 aromatic heterocycles. The molecule has 0 radical (unpaired) electrons. The number of amides is 1. The van der Waals surface area contributed by atoms with Crippen LogP contribution < -0.4 is 5.32 Å². The molecule has 1 heterocycles. The lowest BCUT2D eigenvalue weighted by molar-refractivity contribution is -0.270. The standard InChI is InChI=1S/C29H45NO3/c1-3-5-6-7-11-16-26(17-12-18-27(31)30-24-25-14-9-8-10-15-25)33-29-21-13-20-28(29,19-4-2)22-23-32-29/h4,8-10,14-15,26H,2-3,5-7,11-13,16-24H2,1H3,(H,30,31). The molecule has 0 bridgehead atoms. The van der Waals surface area contributed by atoms with Crippen molar-refractivity contribution in [2.45, 2.75) is 115 Å². The first-order valence-corrected chi connectivity index (χ1v) is 13.4. The van der Waals surface area contributed by atoms with Gasteiger partial charge in [-0.25, -0.2) is 0 Å². The number of ether oxygens (including phenoxy) is 2. The highest BCUT2D eigenvalue weighted by atomic mass is 16.7. The fourth-order valence-corrected chi connectivity index (χ4v) is 5.80. The van der Waals surface area contributed by atoms with E-state index in [4.69, 9.17) is 9.47 Å². The van der Waals surface area contributed by atoms with Crippen molar-refractivity contribution in [3.63, 3.8) is 0 Å². The number of fused-ring (bicyclic) bond motifs is 1. The van der Waals surface area contributed by atoms with Crippen LogP contribution in [0.2, 0.25) is 0 Å². The highest BCUT2D eigenvalue weighted by Crippen LogP contribution is 2.58.